The summed E-state index contributed by atoms with van der Waals surface area (Å²) in [6.07, 6.45) is 5.98. The smallest absolute Gasteiger partial charge is 0.225 e. The van der Waals surface area contributed by atoms with Crippen molar-refractivity contribution in [2.24, 2.45) is 11.7 Å². The molecule has 6 N–H and O–H groups in total. The fraction of sp³-hybridized carbons (Fsp3) is 0.688. The number of carbonyl (C=O) groups excluding carboxylic acids is 1. The molecule has 0 bridgehead atoms. The van der Waals surface area contributed by atoms with Gasteiger partial charge in [0.1, 0.15) is 0 Å². The van der Waals surface area contributed by atoms with E-state index in [-0.39, 0.29) is 23.4 Å². The Hall–Kier alpha value is -2.05. The molecule has 1 aromatic heterocycles. The number of hydrogen-bond donors (Lipinski definition) is 4. The van der Waals surface area contributed by atoms with E-state index in [4.69, 9.17) is 11.5 Å². The zero-order valence-corrected chi connectivity index (χ0v) is 14.2. The highest BCUT2D eigenvalue weighted by Gasteiger charge is 2.25. The molecule has 7 heteroatoms. The summed E-state index contributed by atoms with van der Waals surface area (Å²) >= 11 is 0. The molecular formula is C16H28N6O. The van der Waals surface area contributed by atoms with Crippen molar-refractivity contribution >= 4 is 23.4 Å². The Morgan fingerprint density at radius 2 is 2.00 bits per heavy atom. The lowest BCUT2D eigenvalue weighted by Crippen LogP contribution is -2.33. The average Bonchev–Trinajstić information content (AvgIpc) is 2.51. The van der Waals surface area contributed by atoms with Crippen molar-refractivity contribution in [1.29, 1.82) is 0 Å². The fourth-order valence-electron chi connectivity index (χ4n) is 2.67. The number of hydrogen-bond acceptors (Lipinski definition) is 6. The lowest BCUT2D eigenvalue weighted by molar-refractivity contribution is -0.122. The third kappa shape index (κ3) is 4.71. The minimum Gasteiger partial charge on any atom is -0.394 e. The van der Waals surface area contributed by atoms with Crippen LogP contribution in [0.5, 0.6) is 0 Å². The molecule has 1 saturated carbocycles. The van der Waals surface area contributed by atoms with Gasteiger partial charge in [0.25, 0.3) is 0 Å². The van der Waals surface area contributed by atoms with Crippen LogP contribution < -0.4 is 22.1 Å². The Kier molecular flexibility index (Phi) is 5.28. The number of nitrogens with two attached hydrogens (primary N) is 2. The van der Waals surface area contributed by atoms with Gasteiger partial charge in [-0.1, -0.05) is 6.92 Å². The van der Waals surface area contributed by atoms with Gasteiger partial charge in [-0.2, -0.15) is 4.98 Å². The van der Waals surface area contributed by atoms with Gasteiger partial charge >= 0.3 is 0 Å². The minimum atomic E-state index is -0.196. The molecule has 0 saturated heterocycles. The zero-order valence-electron chi connectivity index (χ0n) is 14.2. The molecule has 1 heterocycles. The molecule has 128 valence electrons. The molecule has 1 amide bonds. The van der Waals surface area contributed by atoms with Crippen molar-refractivity contribution in [2.75, 3.05) is 16.4 Å². The van der Waals surface area contributed by atoms with Gasteiger partial charge in [-0.3, -0.25) is 4.79 Å². The van der Waals surface area contributed by atoms with Crippen LogP contribution in [0.25, 0.3) is 0 Å². The second-order valence-electron chi connectivity index (χ2n) is 6.96. The third-order valence-corrected chi connectivity index (χ3v) is 4.62. The Labute approximate surface area is 137 Å². The van der Waals surface area contributed by atoms with E-state index >= 15 is 0 Å². The van der Waals surface area contributed by atoms with Gasteiger partial charge in [-0.15, -0.1) is 0 Å². The van der Waals surface area contributed by atoms with Crippen LogP contribution in [0.15, 0.2) is 6.20 Å². The van der Waals surface area contributed by atoms with E-state index in [0.29, 0.717) is 17.5 Å². The monoisotopic (exact) mass is 320 g/mol. The van der Waals surface area contributed by atoms with Gasteiger partial charge in [0.15, 0.2) is 5.82 Å². The number of amides is 1. The first-order valence-electron chi connectivity index (χ1n) is 8.27. The summed E-state index contributed by atoms with van der Waals surface area (Å²) in [5.74, 6) is 1.02. The maximum atomic E-state index is 11.2. The topological polar surface area (TPSA) is 119 Å². The maximum absolute atomic E-state index is 11.2. The molecule has 1 aromatic rings. The molecule has 2 rings (SSSR count). The molecule has 0 spiro atoms. The van der Waals surface area contributed by atoms with Gasteiger partial charge in [0, 0.05) is 17.5 Å². The SMILES string of the molecule is CCC(C)(C)Nc1ncc(N)c(N[C@H]2CC[C@H](C(N)=O)CC2)n1. The second-order valence-corrected chi connectivity index (χ2v) is 6.96. The summed E-state index contributed by atoms with van der Waals surface area (Å²) in [6, 6.07) is 0.259. The van der Waals surface area contributed by atoms with Gasteiger partial charge in [-0.05, 0) is 46.0 Å². The van der Waals surface area contributed by atoms with E-state index in [0.717, 1.165) is 32.1 Å². The first-order chi connectivity index (χ1) is 10.8. The van der Waals surface area contributed by atoms with Crippen LogP contribution in [-0.4, -0.2) is 27.5 Å². The van der Waals surface area contributed by atoms with Crippen LogP contribution in [0, 0.1) is 5.92 Å². The molecule has 0 radical (unpaired) electrons. The lowest BCUT2D eigenvalue weighted by atomic mass is 9.85. The van der Waals surface area contributed by atoms with Crippen LogP contribution in [0.4, 0.5) is 17.5 Å². The molecule has 0 aromatic carbocycles. The lowest BCUT2D eigenvalue weighted by Gasteiger charge is -2.28. The number of rotatable bonds is 6. The van der Waals surface area contributed by atoms with E-state index in [1.807, 2.05) is 0 Å². The predicted octanol–water partition coefficient (Wildman–Crippen LogP) is 2.12. The molecule has 0 aliphatic heterocycles. The van der Waals surface area contributed by atoms with Crippen LogP contribution in [-0.2, 0) is 4.79 Å². The Bertz CT molecular complexity index is 552. The summed E-state index contributed by atoms with van der Waals surface area (Å²) in [4.78, 5) is 20.0. The Balaban J connectivity index is 2.01. The highest BCUT2D eigenvalue weighted by molar-refractivity contribution is 5.76. The van der Waals surface area contributed by atoms with Crippen LogP contribution in [0.2, 0.25) is 0 Å². The predicted molar refractivity (Wildman–Crippen MR) is 93.0 cm³/mol. The van der Waals surface area contributed by atoms with Crippen molar-refractivity contribution in [1.82, 2.24) is 9.97 Å². The van der Waals surface area contributed by atoms with Crippen LogP contribution >= 0.6 is 0 Å². The van der Waals surface area contributed by atoms with Crippen LogP contribution in [0.3, 0.4) is 0 Å². The van der Waals surface area contributed by atoms with Gasteiger partial charge in [-0.25, -0.2) is 4.98 Å². The summed E-state index contributed by atoms with van der Waals surface area (Å²) in [5.41, 5.74) is 11.8. The number of carbonyl (C=O) groups is 1. The standard InChI is InChI=1S/C16H28N6O/c1-4-16(2,3)22-15-19-9-12(17)14(21-15)20-11-7-5-10(6-8-11)13(18)23/h9-11H,4-8,17H2,1-3H3,(H2,18,23)(H2,19,20,21,22)/t10-,11-. The average molecular weight is 320 g/mol. The van der Waals surface area contributed by atoms with E-state index < -0.39 is 0 Å². The molecule has 1 aliphatic carbocycles. The summed E-state index contributed by atoms with van der Waals surface area (Å²) < 4.78 is 0. The van der Waals surface area contributed by atoms with Gasteiger partial charge < -0.3 is 22.1 Å². The van der Waals surface area contributed by atoms with E-state index in [9.17, 15) is 4.79 Å². The number of nitrogens with one attached hydrogen (secondary N) is 2. The fourth-order valence-corrected chi connectivity index (χ4v) is 2.67. The van der Waals surface area contributed by atoms with Crippen molar-refractivity contribution in [3.8, 4) is 0 Å². The van der Waals surface area contributed by atoms with Crippen molar-refractivity contribution < 1.29 is 4.79 Å². The summed E-state index contributed by atoms with van der Waals surface area (Å²) in [7, 11) is 0. The highest BCUT2D eigenvalue weighted by atomic mass is 16.1. The molecule has 23 heavy (non-hydrogen) atoms. The number of aromatic nitrogens is 2. The number of nitrogens with zero attached hydrogens (tertiary/aromatic N) is 2. The van der Waals surface area contributed by atoms with Gasteiger partial charge in [0.2, 0.25) is 11.9 Å². The van der Waals surface area contributed by atoms with Crippen molar-refractivity contribution in [2.45, 2.75) is 64.5 Å². The van der Waals surface area contributed by atoms with Gasteiger partial charge in [0.05, 0.1) is 11.9 Å². The molecule has 1 aliphatic rings. The highest BCUT2D eigenvalue weighted by Crippen LogP contribution is 2.28. The molecule has 1 fully saturated rings. The number of anilines is 3. The maximum Gasteiger partial charge on any atom is 0.225 e. The quantitative estimate of drug-likeness (QED) is 0.637. The van der Waals surface area contributed by atoms with E-state index in [2.05, 4.69) is 41.4 Å². The van der Waals surface area contributed by atoms with Crippen molar-refractivity contribution in [3.63, 3.8) is 0 Å². The second kappa shape index (κ2) is 7.02. The molecule has 0 atom stereocenters. The Morgan fingerprint density at radius 3 is 2.57 bits per heavy atom. The zero-order chi connectivity index (χ0) is 17.0. The van der Waals surface area contributed by atoms with Crippen molar-refractivity contribution in [3.05, 3.63) is 6.20 Å². The molecule has 0 unspecified atom stereocenters. The minimum absolute atomic E-state index is 0.00150. The van der Waals surface area contributed by atoms with E-state index in [1.165, 1.54) is 0 Å². The third-order valence-electron chi connectivity index (χ3n) is 4.62. The molecular weight excluding hydrogens is 292 g/mol. The summed E-state index contributed by atoms with van der Waals surface area (Å²) in [5, 5.41) is 6.70. The number of primary amides is 1. The number of nitrogen functional groups attached to an aromatic ring is 1. The Morgan fingerprint density at radius 1 is 1.35 bits per heavy atom. The normalized spacial score (nSPS) is 21.7. The van der Waals surface area contributed by atoms with Crippen LogP contribution in [0.1, 0.15) is 52.9 Å². The largest absolute Gasteiger partial charge is 0.394 e. The van der Waals surface area contributed by atoms with E-state index in [1.54, 1.807) is 6.20 Å². The first-order valence-corrected chi connectivity index (χ1v) is 8.27. The first kappa shape index (κ1) is 17.3. The summed E-state index contributed by atoms with van der Waals surface area (Å²) in [6.45, 7) is 6.32. The molecule has 7 nitrogen and oxygen atoms in total.